The molecule has 0 saturated carbocycles. The second-order valence-electron chi connectivity index (χ2n) is 4.10. The largest absolute Gasteiger partial charge is 0.0985 e. The lowest BCUT2D eigenvalue weighted by Gasteiger charge is -2.04. The van der Waals surface area contributed by atoms with Crippen LogP contribution in [0.2, 0.25) is 0 Å². The standard InChI is InChI=1S/C16H22/c1-4-7-8-9-14-10-12-16(13-11-14)15(5-2)6-3/h5-6,10-13H,2,4,7-9H2,1,3H3/b15-6+. The Labute approximate surface area is 99.7 Å². The highest BCUT2D eigenvalue weighted by atomic mass is 14.0. The van der Waals surface area contributed by atoms with Crippen LogP contribution in [0.5, 0.6) is 0 Å². The maximum absolute atomic E-state index is 3.82. The molecule has 0 heterocycles. The van der Waals surface area contributed by atoms with Gasteiger partial charge in [-0.05, 0) is 36.5 Å². The van der Waals surface area contributed by atoms with Crippen molar-refractivity contribution in [3.05, 3.63) is 54.1 Å². The van der Waals surface area contributed by atoms with Crippen molar-refractivity contribution in [3.8, 4) is 0 Å². The summed E-state index contributed by atoms with van der Waals surface area (Å²) in [7, 11) is 0. The zero-order chi connectivity index (χ0) is 11.8. The van der Waals surface area contributed by atoms with Gasteiger partial charge >= 0.3 is 0 Å². The first-order valence-corrected chi connectivity index (χ1v) is 6.19. The molecule has 86 valence electrons. The molecule has 0 radical (unpaired) electrons. The first-order chi connectivity index (χ1) is 7.81. The van der Waals surface area contributed by atoms with E-state index in [2.05, 4.69) is 43.8 Å². The van der Waals surface area contributed by atoms with Crippen molar-refractivity contribution in [2.75, 3.05) is 0 Å². The van der Waals surface area contributed by atoms with Crippen LogP contribution in [0.3, 0.4) is 0 Å². The number of hydrogen-bond acceptors (Lipinski definition) is 0. The predicted octanol–water partition coefficient (Wildman–Crippen LogP) is 5.01. The molecule has 0 N–H and O–H groups in total. The molecule has 16 heavy (non-hydrogen) atoms. The first kappa shape index (κ1) is 12.8. The summed E-state index contributed by atoms with van der Waals surface area (Å²) in [6, 6.07) is 8.85. The van der Waals surface area contributed by atoms with Crippen LogP contribution in [0.15, 0.2) is 43.0 Å². The Morgan fingerprint density at radius 3 is 2.38 bits per heavy atom. The average molecular weight is 214 g/mol. The minimum Gasteiger partial charge on any atom is -0.0985 e. The van der Waals surface area contributed by atoms with E-state index in [1.165, 1.54) is 42.4 Å². The fourth-order valence-electron chi connectivity index (χ4n) is 1.85. The highest BCUT2D eigenvalue weighted by molar-refractivity contribution is 5.73. The molecule has 0 fully saturated rings. The van der Waals surface area contributed by atoms with Gasteiger partial charge in [0.2, 0.25) is 0 Å². The minimum absolute atomic E-state index is 1.20. The van der Waals surface area contributed by atoms with E-state index < -0.39 is 0 Å². The Bertz CT molecular complexity index is 341. The number of unbranched alkanes of at least 4 members (excludes halogenated alkanes) is 2. The van der Waals surface area contributed by atoms with E-state index in [4.69, 9.17) is 0 Å². The van der Waals surface area contributed by atoms with Crippen LogP contribution >= 0.6 is 0 Å². The number of benzene rings is 1. The van der Waals surface area contributed by atoms with Crippen molar-refractivity contribution in [1.82, 2.24) is 0 Å². The smallest absolute Gasteiger partial charge is 0.0187 e. The van der Waals surface area contributed by atoms with Gasteiger partial charge in [0.25, 0.3) is 0 Å². The average Bonchev–Trinajstić information content (AvgIpc) is 2.33. The molecule has 0 aliphatic rings. The molecule has 0 heteroatoms. The molecule has 1 rings (SSSR count). The van der Waals surface area contributed by atoms with Crippen LogP contribution in [0.4, 0.5) is 0 Å². The van der Waals surface area contributed by atoms with Gasteiger partial charge < -0.3 is 0 Å². The van der Waals surface area contributed by atoms with Gasteiger partial charge in [-0.25, -0.2) is 0 Å². The van der Waals surface area contributed by atoms with Crippen molar-refractivity contribution < 1.29 is 0 Å². The monoisotopic (exact) mass is 214 g/mol. The van der Waals surface area contributed by atoms with Gasteiger partial charge in [0.05, 0.1) is 0 Å². The van der Waals surface area contributed by atoms with Gasteiger partial charge in [-0.3, -0.25) is 0 Å². The third kappa shape index (κ3) is 3.69. The molecule has 0 nitrogen and oxygen atoms in total. The van der Waals surface area contributed by atoms with Crippen LogP contribution in [0, 0.1) is 0 Å². The lowest BCUT2D eigenvalue weighted by atomic mass is 10.0. The van der Waals surface area contributed by atoms with Crippen LogP contribution < -0.4 is 0 Å². The lowest BCUT2D eigenvalue weighted by molar-refractivity contribution is 0.717. The van der Waals surface area contributed by atoms with Crippen molar-refractivity contribution in [1.29, 1.82) is 0 Å². The van der Waals surface area contributed by atoms with E-state index >= 15 is 0 Å². The normalized spacial score (nSPS) is 11.5. The second kappa shape index (κ2) is 7.05. The molecule has 0 saturated heterocycles. The van der Waals surface area contributed by atoms with E-state index in [-0.39, 0.29) is 0 Å². The Morgan fingerprint density at radius 1 is 1.19 bits per heavy atom. The Balaban J connectivity index is 2.64. The summed E-state index contributed by atoms with van der Waals surface area (Å²) in [6.07, 6.45) is 9.12. The number of allylic oxidation sites excluding steroid dienone is 3. The molecule has 0 bridgehead atoms. The fraction of sp³-hybridized carbons (Fsp3) is 0.375. The molecule has 1 aromatic rings. The molecule has 0 aliphatic heterocycles. The summed E-state index contributed by atoms with van der Waals surface area (Å²) < 4.78 is 0. The molecule has 1 aromatic carbocycles. The van der Waals surface area contributed by atoms with Gasteiger partial charge in [0.15, 0.2) is 0 Å². The van der Waals surface area contributed by atoms with Gasteiger partial charge in [0, 0.05) is 0 Å². The molecular weight excluding hydrogens is 192 g/mol. The summed E-state index contributed by atoms with van der Waals surface area (Å²) in [4.78, 5) is 0. The van der Waals surface area contributed by atoms with Crippen molar-refractivity contribution in [2.24, 2.45) is 0 Å². The minimum atomic E-state index is 1.20. The van der Waals surface area contributed by atoms with Crippen molar-refractivity contribution in [2.45, 2.75) is 39.5 Å². The zero-order valence-corrected chi connectivity index (χ0v) is 10.5. The third-order valence-corrected chi connectivity index (χ3v) is 2.89. The van der Waals surface area contributed by atoms with Crippen molar-refractivity contribution in [3.63, 3.8) is 0 Å². The number of aryl methyl sites for hydroxylation is 1. The Hall–Kier alpha value is -1.30. The molecule has 0 amide bonds. The van der Waals surface area contributed by atoms with E-state index in [1.807, 2.05) is 13.0 Å². The maximum atomic E-state index is 3.82. The molecule has 0 aliphatic carbocycles. The van der Waals surface area contributed by atoms with E-state index in [0.717, 1.165) is 0 Å². The van der Waals surface area contributed by atoms with Crippen LogP contribution in [-0.4, -0.2) is 0 Å². The molecular formula is C16H22. The Kier molecular flexibility index (Phi) is 5.63. The van der Waals surface area contributed by atoms with Crippen molar-refractivity contribution >= 4 is 5.57 Å². The van der Waals surface area contributed by atoms with Gasteiger partial charge in [-0.2, -0.15) is 0 Å². The first-order valence-electron chi connectivity index (χ1n) is 6.19. The van der Waals surface area contributed by atoms with Crippen LogP contribution in [-0.2, 0) is 6.42 Å². The fourth-order valence-corrected chi connectivity index (χ4v) is 1.85. The highest BCUT2D eigenvalue weighted by Crippen LogP contribution is 2.17. The van der Waals surface area contributed by atoms with Gasteiger partial charge in [0.1, 0.15) is 0 Å². The molecule has 0 unspecified atom stereocenters. The molecule has 0 aromatic heterocycles. The SMILES string of the molecule is C=C/C(=C\C)c1ccc(CCCCC)cc1. The Morgan fingerprint density at radius 2 is 1.88 bits per heavy atom. The summed E-state index contributed by atoms with van der Waals surface area (Å²) in [5.74, 6) is 0. The zero-order valence-electron chi connectivity index (χ0n) is 10.5. The lowest BCUT2D eigenvalue weighted by Crippen LogP contribution is -1.87. The number of hydrogen-bond donors (Lipinski definition) is 0. The highest BCUT2D eigenvalue weighted by Gasteiger charge is 1.97. The summed E-state index contributed by atoms with van der Waals surface area (Å²) in [6.45, 7) is 8.11. The van der Waals surface area contributed by atoms with Gasteiger partial charge in [-0.15, -0.1) is 0 Å². The predicted molar refractivity (Wildman–Crippen MR) is 73.5 cm³/mol. The molecule has 0 spiro atoms. The van der Waals surface area contributed by atoms with E-state index in [1.54, 1.807) is 0 Å². The van der Waals surface area contributed by atoms with Crippen LogP contribution in [0.25, 0.3) is 5.57 Å². The maximum Gasteiger partial charge on any atom is -0.0187 e. The summed E-state index contributed by atoms with van der Waals surface area (Å²) in [5, 5.41) is 0. The third-order valence-electron chi connectivity index (χ3n) is 2.89. The summed E-state index contributed by atoms with van der Waals surface area (Å²) >= 11 is 0. The van der Waals surface area contributed by atoms with E-state index in [9.17, 15) is 0 Å². The van der Waals surface area contributed by atoms with Crippen LogP contribution in [0.1, 0.15) is 44.2 Å². The summed E-state index contributed by atoms with van der Waals surface area (Å²) in [5.41, 5.74) is 3.91. The number of rotatable bonds is 6. The second-order valence-corrected chi connectivity index (χ2v) is 4.10. The van der Waals surface area contributed by atoms with Gasteiger partial charge in [-0.1, -0.05) is 62.8 Å². The van der Waals surface area contributed by atoms with E-state index in [0.29, 0.717) is 0 Å². The quantitative estimate of drug-likeness (QED) is 0.461. The molecule has 0 atom stereocenters. The topological polar surface area (TPSA) is 0 Å².